The Kier molecular flexibility index (Phi) is 3.85. The molecule has 1 nitrogen and oxygen atoms in total. The molecule has 0 bridgehead atoms. The van der Waals surface area contributed by atoms with E-state index in [0.29, 0.717) is 6.42 Å². The largest absolute Gasteiger partial charge is 0.465 e. The zero-order valence-electron chi connectivity index (χ0n) is 9.62. The lowest BCUT2D eigenvalue weighted by Crippen LogP contribution is -1.94. The van der Waals surface area contributed by atoms with Gasteiger partial charge in [-0.1, -0.05) is 19.1 Å². The molecule has 0 aliphatic carbocycles. The van der Waals surface area contributed by atoms with Crippen LogP contribution in [-0.4, -0.2) is 0 Å². The molecule has 1 aromatic carbocycles. The van der Waals surface area contributed by atoms with E-state index < -0.39 is 0 Å². The molecule has 90 valence electrons. The van der Waals surface area contributed by atoms with Gasteiger partial charge in [-0.25, -0.2) is 4.39 Å². The Hall–Kier alpha value is -1.28. The highest BCUT2D eigenvalue weighted by atomic mass is 35.5. The molecule has 0 radical (unpaired) electrons. The molecule has 0 N–H and O–H groups in total. The summed E-state index contributed by atoms with van der Waals surface area (Å²) in [6, 6.07) is 10.3. The summed E-state index contributed by atoms with van der Waals surface area (Å²) in [6.45, 7) is 2.03. The third-order valence-corrected chi connectivity index (χ3v) is 3.01. The molecule has 1 unspecified atom stereocenters. The van der Waals surface area contributed by atoms with E-state index in [9.17, 15) is 4.39 Å². The normalized spacial score (nSPS) is 12.6. The standard InChI is InChI=1S/C14H14ClFO/c1-2-12-6-7-14(17-12)13(15)9-10-4-3-5-11(16)8-10/h3-8,13H,2,9H2,1H3. The molecule has 0 saturated carbocycles. The predicted octanol–water partition coefficient (Wildman–Crippen LogP) is 4.50. The van der Waals surface area contributed by atoms with Gasteiger partial charge in [0.25, 0.3) is 0 Å². The highest BCUT2D eigenvalue weighted by Gasteiger charge is 2.13. The summed E-state index contributed by atoms with van der Waals surface area (Å²) in [7, 11) is 0. The molecule has 3 heteroatoms. The van der Waals surface area contributed by atoms with Crippen LogP contribution in [0.5, 0.6) is 0 Å². The number of rotatable bonds is 4. The van der Waals surface area contributed by atoms with Crippen LogP contribution < -0.4 is 0 Å². The van der Waals surface area contributed by atoms with E-state index in [4.69, 9.17) is 16.0 Å². The molecular weight excluding hydrogens is 239 g/mol. The first-order valence-electron chi connectivity index (χ1n) is 5.66. The van der Waals surface area contributed by atoms with Crippen molar-refractivity contribution in [3.8, 4) is 0 Å². The highest BCUT2D eigenvalue weighted by Crippen LogP contribution is 2.27. The fraction of sp³-hybridized carbons (Fsp3) is 0.286. The summed E-state index contributed by atoms with van der Waals surface area (Å²) in [4.78, 5) is 0. The van der Waals surface area contributed by atoms with E-state index in [0.717, 1.165) is 23.5 Å². The maximum absolute atomic E-state index is 13.0. The van der Waals surface area contributed by atoms with Crippen molar-refractivity contribution in [2.75, 3.05) is 0 Å². The number of halogens is 2. The molecule has 17 heavy (non-hydrogen) atoms. The minimum absolute atomic E-state index is 0.236. The average Bonchev–Trinajstić information content (AvgIpc) is 2.77. The second-order valence-corrected chi connectivity index (χ2v) is 4.49. The van der Waals surface area contributed by atoms with Crippen LogP contribution in [0.1, 0.15) is 29.4 Å². The van der Waals surface area contributed by atoms with Crippen molar-refractivity contribution in [3.05, 3.63) is 59.3 Å². The van der Waals surface area contributed by atoms with Crippen LogP contribution in [0.4, 0.5) is 4.39 Å². The van der Waals surface area contributed by atoms with Crippen LogP contribution in [0.3, 0.4) is 0 Å². The lowest BCUT2D eigenvalue weighted by molar-refractivity contribution is 0.463. The third kappa shape index (κ3) is 3.10. The summed E-state index contributed by atoms with van der Waals surface area (Å²) in [5, 5.41) is -0.253. The van der Waals surface area contributed by atoms with Crippen LogP contribution >= 0.6 is 11.6 Å². The minimum Gasteiger partial charge on any atom is -0.465 e. The van der Waals surface area contributed by atoms with Gasteiger partial charge in [0, 0.05) is 6.42 Å². The lowest BCUT2D eigenvalue weighted by atomic mass is 10.1. The van der Waals surface area contributed by atoms with Gasteiger partial charge in [-0.15, -0.1) is 11.6 Å². The van der Waals surface area contributed by atoms with Gasteiger partial charge in [-0.3, -0.25) is 0 Å². The van der Waals surface area contributed by atoms with E-state index in [1.165, 1.54) is 12.1 Å². The molecule has 0 fully saturated rings. The summed E-state index contributed by atoms with van der Waals surface area (Å²) in [5.74, 6) is 1.43. The van der Waals surface area contributed by atoms with Crippen molar-refractivity contribution in [2.24, 2.45) is 0 Å². The van der Waals surface area contributed by atoms with E-state index >= 15 is 0 Å². The number of hydrogen-bond acceptors (Lipinski definition) is 1. The van der Waals surface area contributed by atoms with Crippen LogP contribution in [0, 0.1) is 5.82 Å². The van der Waals surface area contributed by atoms with Crippen molar-refractivity contribution in [1.29, 1.82) is 0 Å². The van der Waals surface area contributed by atoms with Crippen molar-refractivity contribution >= 4 is 11.6 Å². The van der Waals surface area contributed by atoms with Crippen molar-refractivity contribution in [1.82, 2.24) is 0 Å². The van der Waals surface area contributed by atoms with Gasteiger partial charge in [0.2, 0.25) is 0 Å². The first kappa shape index (κ1) is 12.2. The Labute approximate surface area is 105 Å². The molecule has 2 rings (SSSR count). The number of hydrogen-bond donors (Lipinski definition) is 0. The van der Waals surface area contributed by atoms with E-state index in [2.05, 4.69) is 0 Å². The second kappa shape index (κ2) is 5.37. The Bertz CT molecular complexity index is 492. The summed E-state index contributed by atoms with van der Waals surface area (Å²) >= 11 is 6.25. The monoisotopic (exact) mass is 252 g/mol. The van der Waals surface area contributed by atoms with Gasteiger partial charge in [0.15, 0.2) is 0 Å². The Morgan fingerprint density at radius 2 is 2.12 bits per heavy atom. The molecule has 0 aliphatic heterocycles. The van der Waals surface area contributed by atoms with E-state index in [1.807, 2.05) is 25.1 Å². The third-order valence-electron chi connectivity index (χ3n) is 2.64. The zero-order valence-corrected chi connectivity index (χ0v) is 10.4. The van der Waals surface area contributed by atoms with Crippen molar-refractivity contribution in [2.45, 2.75) is 25.1 Å². The summed E-state index contributed by atoms with van der Waals surface area (Å²) in [6.07, 6.45) is 1.42. The number of aryl methyl sites for hydroxylation is 1. The predicted molar refractivity (Wildman–Crippen MR) is 66.8 cm³/mol. The Morgan fingerprint density at radius 1 is 1.29 bits per heavy atom. The van der Waals surface area contributed by atoms with Gasteiger partial charge < -0.3 is 4.42 Å². The van der Waals surface area contributed by atoms with Gasteiger partial charge in [0.1, 0.15) is 17.3 Å². The van der Waals surface area contributed by atoms with Crippen LogP contribution in [0.2, 0.25) is 0 Å². The molecule has 1 aromatic heterocycles. The second-order valence-electron chi connectivity index (χ2n) is 3.96. The van der Waals surface area contributed by atoms with E-state index in [1.54, 1.807) is 6.07 Å². The molecular formula is C14H14ClFO. The number of furan rings is 1. The average molecular weight is 253 g/mol. The summed E-state index contributed by atoms with van der Waals surface area (Å²) in [5.41, 5.74) is 0.874. The number of alkyl halides is 1. The van der Waals surface area contributed by atoms with Gasteiger partial charge in [-0.2, -0.15) is 0 Å². The molecule has 0 saturated heterocycles. The van der Waals surface area contributed by atoms with Crippen molar-refractivity contribution in [3.63, 3.8) is 0 Å². The highest BCUT2D eigenvalue weighted by molar-refractivity contribution is 6.20. The molecule has 0 aliphatic rings. The molecule has 0 spiro atoms. The SMILES string of the molecule is CCc1ccc(C(Cl)Cc2cccc(F)c2)o1. The van der Waals surface area contributed by atoms with Crippen molar-refractivity contribution < 1.29 is 8.81 Å². The first-order valence-corrected chi connectivity index (χ1v) is 6.10. The quantitative estimate of drug-likeness (QED) is 0.730. The Morgan fingerprint density at radius 3 is 2.76 bits per heavy atom. The topological polar surface area (TPSA) is 13.1 Å². The smallest absolute Gasteiger partial charge is 0.123 e. The molecule has 0 amide bonds. The van der Waals surface area contributed by atoms with Crippen LogP contribution in [0.15, 0.2) is 40.8 Å². The van der Waals surface area contributed by atoms with E-state index in [-0.39, 0.29) is 11.2 Å². The minimum atomic E-state index is -0.253. The Balaban J connectivity index is 2.08. The van der Waals surface area contributed by atoms with Gasteiger partial charge in [-0.05, 0) is 36.2 Å². The number of benzene rings is 1. The molecule has 2 aromatic rings. The fourth-order valence-corrected chi connectivity index (χ4v) is 2.02. The van der Waals surface area contributed by atoms with Crippen LogP contribution in [0.25, 0.3) is 0 Å². The zero-order chi connectivity index (χ0) is 12.3. The first-order chi connectivity index (χ1) is 8.19. The van der Waals surface area contributed by atoms with Gasteiger partial charge >= 0.3 is 0 Å². The van der Waals surface area contributed by atoms with Crippen LogP contribution in [-0.2, 0) is 12.8 Å². The van der Waals surface area contributed by atoms with Gasteiger partial charge in [0.05, 0.1) is 5.38 Å². The lowest BCUT2D eigenvalue weighted by Gasteiger charge is -2.06. The molecule has 1 atom stereocenters. The summed E-state index contributed by atoms with van der Waals surface area (Å²) < 4.78 is 18.6. The maximum atomic E-state index is 13.0. The fourth-order valence-electron chi connectivity index (χ4n) is 1.72. The molecule has 1 heterocycles. The maximum Gasteiger partial charge on any atom is 0.123 e.